The van der Waals surface area contributed by atoms with Crippen molar-refractivity contribution >= 4 is 20.0 Å². The first-order valence-corrected chi connectivity index (χ1v) is 10.5. The molecule has 6 nitrogen and oxygen atoms in total. The van der Waals surface area contributed by atoms with Gasteiger partial charge in [0.05, 0.1) is 11.0 Å². The first-order chi connectivity index (χ1) is 10.4. The van der Waals surface area contributed by atoms with Gasteiger partial charge in [-0.2, -0.15) is 8.61 Å². The summed E-state index contributed by atoms with van der Waals surface area (Å²) < 4.78 is 52.0. The van der Waals surface area contributed by atoms with Crippen molar-refractivity contribution in [3.8, 4) is 0 Å². The highest BCUT2D eigenvalue weighted by Gasteiger charge is 2.41. The highest BCUT2D eigenvalue weighted by atomic mass is 32.2. The molecule has 0 N–H and O–H groups in total. The van der Waals surface area contributed by atoms with Crippen LogP contribution < -0.4 is 0 Å². The molecular formula is C14H20N2O4S2. The van der Waals surface area contributed by atoms with Gasteiger partial charge in [-0.25, -0.2) is 16.8 Å². The van der Waals surface area contributed by atoms with E-state index < -0.39 is 20.0 Å². The summed E-state index contributed by atoms with van der Waals surface area (Å²) in [7, 11) is -6.60. The number of hydrogen-bond acceptors (Lipinski definition) is 4. The van der Waals surface area contributed by atoms with E-state index in [4.69, 9.17) is 0 Å². The maximum absolute atomic E-state index is 12.4. The van der Waals surface area contributed by atoms with Crippen LogP contribution in [0.1, 0.15) is 18.4 Å². The van der Waals surface area contributed by atoms with Crippen LogP contribution in [0.15, 0.2) is 30.3 Å². The Morgan fingerprint density at radius 2 is 1.41 bits per heavy atom. The number of rotatable bonds is 5. The van der Waals surface area contributed by atoms with E-state index in [1.165, 1.54) is 8.61 Å². The summed E-state index contributed by atoms with van der Waals surface area (Å²) >= 11 is 0. The largest absolute Gasteiger partial charge is 0.218 e. The van der Waals surface area contributed by atoms with E-state index in [1.807, 2.05) is 18.2 Å². The second-order valence-electron chi connectivity index (χ2n) is 5.78. The summed E-state index contributed by atoms with van der Waals surface area (Å²) in [4.78, 5) is 0. The van der Waals surface area contributed by atoms with Crippen LogP contribution >= 0.6 is 0 Å². The molecule has 0 radical (unpaired) electrons. The van der Waals surface area contributed by atoms with Crippen LogP contribution in [-0.2, 0) is 25.8 Å². The van der Waals surface area contributed by atoms with Gasteiger partial charge in [0.15, 0.2) is 0 Å². The smallest absolute Gasteiger partial charge is 0.212 e. The van der Waals surface area contributed by atoms with Gasteiger partial charge < -0.3 is 0 Å². The molecule has 1 aromatic carbocycles. The lowest BCUT2D eigenvalue weighted by Gasteiger charge is -2.33. The van der Waals surface area contributed by atoms with Crippen molar-refractivity contribution < 1.29 is 16.8 Å². The lowest BCUT2D eigenvalue weighted by Crippen LogP contribution is -2.51. The summed E-state index contributed by atoms with van der Waals surface area (Å²) in [5.74, 6) is -0.0385. The molecular weight excluding hydrogens is 324 g/mol. The standard InChI is InChI=1S/C14H20N2O4S2/c17-21(18,12-13-4-2-1-3-5-13)15-8-10-16(11-9-15)22(19,20)14-6-7-14/h1-5,14H,6-12H2. The molecule has 0 unspecified atom stereocenters. The molecule has 1 heterocycles. The second-order valence-corrected chi connectivity index (χ2v) is 9.97. The van der Waals surface area contributed by atoms with E-state index >= 15 is 0 Å². The molecule has 22 heavy (non-hydrogen) atoms. The zero-order chi connectivity index (χ0) is 15.8. The first kappa shape index (κ1) is 15.9. The van der Waals surface area contributed by atoms with Gasteiger partial charge in [0, 0.05) is 26.2 Å². The lowest BCUT2D eigenvalue weighted by molar-refractivity contribution is 0.272. The van der Waals surface area contributed by atoms with Gasteiger partial charge in [-0.3, -0.25) is 0 Å². The average molecular weight is 344 g/mol. The van der Waals surface area contributed by atoms with Crippen LogP contribution in [0.5, 0.6) is 0 Å². The van der Waals surface area contributed by atoms with Gasteiger partial charge in [0.2, 0.25) is 20.0 Å². The van der Waals surface area contributed by atoms with Gasteiger partial charge in [0.25, 0.3) is 0 Å². The number of sulfonamides is 2. The third-order valence-corrected chi connectivity index (χ3v) is 8.34. The van der Waals surface area contributed by atoms with Gasteiger partial charge in [-0.05, 0) is 18.4 Å². The number of hydrogen-bond donors (Lipinski definition) is 0. The third-order valence-electron chi connectivity index (χ3n) is 4.09. The zero-order valence-electron chi connectivity index (χ0n) is 12.3. The maximum atomic E-state index is 12.4. The van der Waals surface area contributed by atoms with Crippen molar-refractivity contribution in [3.05, 3.63) is 35.9 Å². The molecule has 2 fully saturated rings. The Morgan fingerprint density at radius 3 is 1.95 bits per heavy atom. The molecule has 1 aliphatic carbocycles. The monoisotopic (exact) mass is 344 g/mol. The van der Waals surface area contributed by atoms with Crippen LogP contribution in [0.2, 0.25) is 0 Å². The second kappa shape index (κ2) is 5.92. The minimum atomic E-state index is -3.40. The van der Waals surface area contributed by atoms with E-state index in [9.17, 15) is 16.8 Å². The molecule has 0 bridgehead atoms. The Bertz CT molecular complexity index is 719. The van der Waals surface area contributed by atoms with Crippen molar-refractivity contribution in [2.45, 2.75) is 23.8 Å². The van der Waals surface area contributed by atoms with Gasteiger partial charge in [-0.1, -0.05) is 30.3 Å². The van der Waals surface area contributed by atoms with Gasteiger partial charge in [-0.15, -0.1) is 0 Å². The van der Waals surface area contributed by atoms with E-state index in [-0.39, 0.29) is 37.2 Å². The van der Waals surface area contributed by atoms with Crippen LogP contribution in [0.25, 0.3) is 0 Å². The van der Waals surface area contributed by atoms with E-state index in [1.54, 1.807) is 12.1 Å². The summed E-state index contributed by atoms with van der Waals surface area (Å²) in [5, 5.41) is -0.236. The molecule has 0 spiro atoms. The Morgan fingerprint density at radius 1 is 0.864 bits per heavy atom. The third kappa shape index (κ3) is 3.34. The molecule has 8 heteroatoms. The van der Waals surface area contributed by atoms with E-state index in [0.29, 0.717) is 0 Å². The molecule has 2 aliphatic rings. The molecule has 3 rings (SSSR count). The van der Waals surface area contributed by atoms with E-state index in [2.05, 4.69) is 0 Å². The Labute approximate surface area is 131 Å². The van der Waals surface area contributed by atoms with Crippen LogP contribution in [0.4, 0.5) is 0 Å². The predicted molar refractivity (Wildman–Crippen MR) is 84.2 cm³/mol. The average Bonchev–Trinajstić information content (AvgIpc) is 3.33. The molecule has 1 aromatic rings. The van der Waals surface area contributed by atoms with Crippen molar-refractivity contribution in [1.29, 1.82) is 0 Å². The first-order valence-electron chi connectivity index (χ1n) is 7.40. The van der Waals surface area contributed by atoms with Gasteiger partial charge >= 0.3 is 0 Å². The molecule has 1 saturated heterocycles. The predicted octanol–water partition coefficient (Wildman–Crippen LogP) is 0.626. The SMILES string of the molecule is O=S(=O)(Cc1ccccc1)N1CCN(S(=O)(=O)C2CC2)CC1. The molecule has 1 aliphatic heterocycles. The maximum Gasteiger partial charge on any atom is 0.218 e. The topological polar surface area (TPSA) is 74.8 Å². The van der Waals surface area contributed by atoms with E-state index in [0.717, 1.165) is 18.4 Å². The number of benzene rings is 1. The Kier molecular flexibility index (Phi) is 4.28. The Balaban J connectivity index is 1.63. The summed E-state index contributed by atoms with van der Waals surface area (Å²) in [6, 6.07) is 9.03. The summed E-state index contributed by atoms with van der Waals surface area (Å²) in [5.41, 5.74) is 0.746. The number of piperazine rings is 1. The summed E-state index contributed by atoms with van der Waals surface area (Å²) in [6.07, 6.45) is 1.46. The number of nitrogens with zero attached hydrogens (tertiary/aromatic N) is 2. The quantitative estimate of drug-likeness (QED) is 0.785. The fourth-order valence-corrected chi connectivity index (χ4v) is 6.00. The highest BCUT2D eigenvalue weighted by molar-refractivity contribution is 7.90. The minimum Gasteiger partial charge on any atom is -0.212 e. The summed E-state index contributed by atoms with van der Waals surface area (Å²) in [6.45, 7) is 0.988. The minimum absolute atomic E-state index is 0.0385. The highest BCUT2D eigenvalue weighted by Crippen LogP contribution is 2.31. The molecule has 0 amide bonds. The fourth-order valence-electron chi connectivity index (χ4n) is 2.66. The molecule has 122 valence electrons. The zero-order valence-corrected chi connectivity index (χ0v) is 13.9. The van der Waals surface area contributed by atoms with Crippen molar-refractivity contribution in [1.82, 2.24) is 8.61 Å². The molecule has 0 atom stereocenters. The van der Waals surface area contributed by atoms with Crippen LogP contribution in [-0.4, -0.2) is 56.9 Å². The van der Waals surface area contributed by atoms with Crippen LogP contribution in [0.3, 0.4) is 0 Å². The fraction of sp³-hybridized carbons (Fsp3) is 0.571. The molecule has 1 saturated carbocycles. The molecule has 0 aromatic heterocycles. The van der Waals surface area contributed by atoms with Crippen molar-refractivity contribution in [3.63, 3.8) is 0 Å². The lowest BCUT2D eigenvalue weighted by atomic mass is 10.2. The van der Waals surface area contributed by atoms with Crippen molar-refractivity contribution in [2.75, 3.05) is 26.2 Å². The van der Waals surface area contributed by atoms with Crippen molar-refractivity contribution in [2.24, 2.45) is 0 Å². The normalized spacial score (nSPS) is 21.8. The van der Waals surface area contributed by atoms with Gasteiger partial charge in [0.1, 0.15) is 0 Å². The Hall–Kier alpha value is -0.960. The van der Waals surface area contributed by atoms with Crippen LogP contribution in [0, 0.1) is 0 Å².